The molecular weight excluding hydrogens is 324 g/mol. The number of ether oxygens (including phenoxy) is 1. The molecule has 118 valence electrons. The fourth-order valence-corrected chi connectivity index (χ4v) is 4.00. The molecule has 0 spiro atoms. The van der Waals surface area contributed by atoms with E-state index >= 15 is 0 Å². The van der Waals surface area contributed by atoms with Gasteiger partial charge in [-0.3, -0.25) is 0 Å². The third kappa shape index (κ3) is 3.53. The predicted molar refractivity (Wildman–Crippen MR) is 74.7 cm³/mol. The van der Waals surface area contributed by atoms with E-state index in [4.69, 9.17) is 16.3 Å². The van der Waals surface area contributed by atoms with Crippen molar-refractivity contribution in [1.29, 1.82) is 0 Å². The van der Waals surface area contributed by atoms with Gasteiger partial charge in [0.05, 0.1) is 6.61 Å². The Morgan fingerprint density at radius 1 is 1.38 bits per heavy atom. The zero-order valence-electron chi connectivity index (χ0n) is 11.5. The highest BCUT2D eigenvalue weighted by Gasteiger charge is 2.39. The Hall–Kier alpha value is -0.760. The fraction of sp³-hybridized carbons (Fsp3) is 0.538. The molecule has 2 rings (SSSR count). The molecule has 0 bridgehead atoms. The standard InChI is InChI=1S/C13H16ClF2NO3S/c1-20-5-4-17(10-2-3-10)21(18,19)12-7-9(8-14)6-11(15)13(12)16/h6-7,10H,2-5,8H2,1H3. The van der Waals surface area contributed by atoms with Crippen molar-refractivity contribution in [2.75, 3.05) is 20.3 Å². The lowest BCUT2D eigenvalue weighted by atomic mass is 10.2. The van der Waals surface area contributed by atoms with Crippen molar-refractivity contribution in [1.82, 2.24) is 4.31 Å². The van der Waals surface area contributed by atoms with Crippen LogP contribution in [0.2, 0.25) is 0 Å². The quantitative estimate of drug-likeness (QED) is 0.717. The third-order valence-electron chi connectivity index (χ3n) is 3.27. The van der Waals surface area contributed by atoms with Crippen LogP contribution in [0.15, 0.2) is 17.0 Å². The zero-order chi connectivity index (χ0) is 15.6. The molecule has 0 saturated heterocycles. The average Bonchev–Trinajstić information content (AvgIpc) is 3.26. The number of hydrogen-bond donors (Lipinski definition) is 0. The Morgan fingerprint density at radius 3 is 2.57 bits per heavy atom. The van der Waals surface area contributed by atoms with E-state index in [0.29, 0.717) is 12.8 Å². The summed E-state index contributed by atoms with van der Waals surface area (Å²) in [6, 6.07) is 1.81. The maximum Gasteiger partial charge on any atom is 0.246 e. The summed E-state index contributed by atoms with van der Waals surface area (Å²) in [4.78, 5) is -0.666. The molecule has 1 aromatic carbocycles. The number of alkyl halides is 1. The Balaban J connectivity index is 2.44. The molecule has 0 atom stereocenters. The monoisotopic (exact) mass is 339 g/mol. The highest BCUT2D eigenvalue weighted by Crippen LogP contribution is 2.33. The number of sulfonamides is 1. The van der Waals surface area contributed by atoms with Gasteiger partial charge in [-0.15, -0.1) is 11.6 Å². The van der Waals surface area contributed by atoms with Crippen LogP contribution in [0.4, 0.5) is 8.78 Å². The lowest BCUT2D eigenvalue weighted by Gasteiger charge is -2.22. The van der Waals surface area contributed by atoms with Gasteiger partial charge in [-0.2, -0.15) is 4.31 Å². The van der Waals surface area contributed by atoms with Crippen LogP contribution < -0.4 is 0 Å². The van der Waals surface area contributed by atoms with Gasteiger partial charge in [0.15, 0.2) is 11.6 Å². The van der Waals surface area contributed by atoms with Crippen LogP contribution in [0, 0.1) is 11.6 Å². The minimum absolute atomic E-state index is 0.0960. The van der Waals surface area contributed by atoms with Crippen LogP contribution in [0.3, 0.4) is 0 Å². The number of nitrogens with zero attached hydrogens (tertiary/aromatic N) is 1. The van der Waals surface area contributed by atoms with Crippen LogP contribution >= 0.6 is 11.6 Å². The predicted octanol–water partition coefficient (Wildman–Crippen LogP) is 2.50. The molecule has 4 nitrogen and oxygen atoms in total. The molecule has 1 aromatic rings. The molecule has 21 heavy (non-hydrogen) atoms. The van der Waals surface area contributed by atoms with Crippen molar-refractivity contribution in [2.45, 2.75) is 29.7 Å². The van der Waals surface area contributed by atoms with E-state index in [2.05, 4.69) is 0 Å². The summed E-state index contributed by atoms with van der Waals surface area (Å²) in [5, 5.41) is 0. The average molecular weight is 340 g/mol. The lowest BCUT2D eigenvalue weighted by molar-refractivity contribution is 0.177. The van der Waals surface area contributed by atoms with E-state index in [9.17, 15) is 17.2 Å². The van der Waals surface area contributed by atoms with Crippen molar-refractivity contribution in [3.63, 3.8) is 0 Å². The zero-order valence-corrected chi connectivity index (χ0v) is 13.1. The second-order valence-corrected chi connectivity index (χ2v) is 6.99. The van der Waals surface area contributed by atoms with Gasteiger partial charge < -0.3 is 4.74 Å². The molecule has 0 amide bonds. The van der Waals surface area contributed by atoms with Gasteiger partial charge in [-0.1, -0.05) is 0 Å². The van der Waals surface area contributed by atoms with Crippen LogP contribution in [0.1, 0.15) is 18.4 Å². The SMILES string of the molecule is COCCN(C1CC1)S(=O)(=O)c1cc(CCl)cc(F)c1F. The highest BCUT2D eigenvalue weighted by molar-refractivity contribution is 7.89. The number of hydrogen-bond acceptors (Lipinski definition) is 3. The second-order valence-electron chi connectivity index (χ2n) is 4.86. The molecule has 1 aliphatic rings. The second kappa shape index (κ2) is 6.56. The minimum atomic E-state index is -4.12. The Labute approximate surface area is 127 Å². The topological polar surface area (TPSA) is 46.6 Å². The van der Waals surface area contributed by atoms with Crippen molar-refractivity contribution in [2.24, 2.45) is 0 Å². The largest absolute Gasteiger partial charge is 0.383 e. The number of benzene rings is 1. The summed E-state index contributed by atoms with van der Waals surface area (Å²) in [6.07, 6.45) is 1.42. The van der Waals surface area contributed by atoms with Gasteiger partial charge in [-0.05, 0) is 30.5 Å². The van der Waals surface area contributed by atoms with E-state index in [1.165, 1.54) is 11.4 Å². The molecule has 1 fully saturated rings. The summed E-state index contributed by atoms with van der Waals surface area (Å²) < 4.78 is 58.7. The van der Waals surface area contributed by atoms with Gasteiger partial charge in [0.25, 0.3) is 0 Å². The van der Waals surface area contributed by atoms with E-state index in [1.54, 1.807) is 0 Å². The maximum atomic E-state index is 13.9. The van der Waals surface area contributed by atoms with Gasteiger partial charge in [-0.25, -0.2) is 17.2 Å². The van der Waals surface area contributed by atoms with Crippen molar-refractivity contribution in [3.8, 4) is 0 Å². The van der Waals surface area contributed by atoms with Gasteiger partial charge in [0.2, 0.25) is 10.0 Å². The van der Waals surface area contributed by atoms with Crippen LogP contribution in [0.5, 0.6) is 0 Å². The molecule has 0 aliphatic heterocycles. The van der Waals surface area contributed by atoms with Gasteiger partial charge >= 0.3 is 0 Å². The number of methoxy groups -OCH3 is 1. The summed E-state index contributed by atoms with van der Waals surface area (Å²) in [5.74, 6) is -2.68. The minimum Gasteiger partial charge on any atom is -0.383 e. The Bertz CT molecular complexity index is 620. The van der Waals surface area contributed by atoms with E-state index < -0.39 is 26.6 Å². The van der Waals surface area contributed by atoms with Crippen molar-refractivity contribution >= 4 is 21.6 Å². The van der Waals surface area contributed by atoms with E-state index in [1.807, 2.05) is 0 Å². The smallest absolute Gasteiger partial charge is 0.246 e. The molecule has 0 N–H and O–H groups in total. The van der Waals surface area contributed by atoms with Crippen LogP contribution in [-0.4, -0.2) is 39.0 Å². The normalized spacial score (nSPS) is 15.7. The molecule has 1 saturated carbocycles. The lowest BCUT2D eigenvalue weighted by Crippen LogP contribution is -2.36. The molecule has 1 aliphatic carbocycles. The molecule has 0 aromatic heterocycles. The summed E-state index contributed by atoms with van der Waals surface area (Å²) in [6.45, 7) is 0.296. The summed E-state index contributed by atoms with van der Waals surface area (Å²) in [7, 11) is -2.67. The molecule has 8 heteroatoms. The van der Waals surface area contributed by atoms with Crippen LogP contribution in [0.25, 0.3) is 0 Å². The first-order valence-electron chi connectivity index (χ1n) is 6.46. The summed E-state index contributed by atoms with van der Waals surface area (Å²) in [5.41, 5.74) is 0.219. The summed E-state index contributed by atoms with van der Waals surface area (Å²) >= 11 is 5.59. The van der Waals surface area contributed by atoms with Gasteiger partial charge in [0, 0.05) is 25.6 Å². The first-order chi connectivity index (χ1) is 9.91. The molecular formula is C13H16ClF2NO3S. The Morgan fingerprint density at radius 2 is 2.05 bits per heavy atom. The van der Waals surface area contributed by atoms with Crippen LogP contribution in [-0.2, 0) is 20.6 Å². The van der Waals surface area contributed by atoms with E-state index in [-0.39, 0.29) is 30.6 Å². The third-order valence-corrected chi connectivity index (χ3v) is 5.53. The molecule has 0 unspecified atom stereocenters. The Kier molecular flexibility index (Phi) is 5.19. The maximum absolute atomic E-state index is 13.9. The van der Waals surface area contributed by atoms with Crippen molar-refractivity contribution < 1.29 is 21.9 Å². The van der Waals surface area contributed by atoms with Crippen molar-refractivity contribution in [3.05, 3.63) is 29.3 Å². The highest BCUT2D eigenvalue weighted by atomic mass is 35.5. The van der Waals surface area contributed by atoms with E-state index in [0.717, 1.165) is 12.1 Å². The molecule has 0 heterocycles. The fourth-order valence-electron chi connectivity index (χ4n) is 2.05. The molecule has 0 radical (unpaired) electrons. The number of halogens is 3. The van der Waals surface area contributed by atoms with Gasteiger partial charge in [0.1, 0.15) is 4.90 Å². The first kappa shape index (κ1) is 16.6. The first-order valence-corrected chi connectivity index (χ1v) is 8.44. The number of rotatable bonds is 7.